The Kier molecular flexibility index (Phi) is 4.50. The van der Waals surface area contributed by atoms with Crippen molar-refractivity contribution < 1.29 is 9.90 Å². The van der Waals surface area contributed by atoms with Crippen molar-refractivity contribution in [1.29, 1.82) is 0 Å². The van der Waals surface area contributed by atoms with Crippen LogP contribution in [0.1, 0.15) is 31.7 Å². The van der Waals surface area contributed by atoms with Crippen molar-refractivity contribution >= 4 is 5.97 Å². The molecule has 0 unspecified atom stereocenters. The standard InChI is InChI=1S/C13H19NO2/c1-9(2)13(14)11(8-12(15)16)10-6-4-3-5-7-10/h3-7,9,11,13H,8,14H2,1-2H3,(H,15,16)/t11-,13-/m0/s1. The van der Waals surface area contributed by atoms with Crippen molar-refractivity contribution in [1.82, 2.24) is 0 Å². The van der Waals surface area contributed by atoms with Crippen LogP contribution in [0.4, 0.5) is 0 Å². The normalized spacial score (nSPS) is 14.8. The summed E-state index contributed by atoms with van der Waals surface area (Å²) in [6, 6.07) is 9.50. The Hall–Kier alpha value is -1.35. The Morgan fingerprint density at radius 3 is 2.31 bits per heavy atom. The van der Waals surface area contributed by atoms with Crippen LogP contribution in [0.25, 0.3) is 0 Å². The highest BCUT2D eigenvalue weighted by Crippen LogP contribution is 2.26. The van der Waals surface area contributed by atoms with Gasteiger partial charge in [0.1, 0.15) is 0 Å². The number of carbonyl (C=O) groups is 1. The molecule has 0 aliphatic carbocycles. The number of hydrogen-bond donors (Lipinski definition) is 2. The van der Waals surface area contributed by atoms with Gasteiger partial charge in [0.2, 0.25) is 0 Å². The lowest BCUT2D eigenvalue weighted by Gasteiger charge is -2.26. The van der Waals surface area contributed by atoms with Crippen LogP contribution in [-0.4, -0.2) is 17.1 Å². The molecule has 1 aromatic carbocycles. The minimum absolute atomic E-state index is 0.0867. The van der Waals surface area contributed by atoms with Crippen LogP contribution in [0.15, 0.2) is 30.3 Å². The second-order valence-electron chi connectivity index (χ2n) is 4.44. The zero-order valence-electron chi connectivity index (χ0n) is 9.76. The summed E-state index contributed by atoms with van der Waals surface area (Å²) in [5.74, 6) is -0.645. The molecule has 0 aromatic heterocycles. The van der Waals surface area contributed by atoms with E-state index in [0.29, 0.717) is 0 Å². The quantitative estimate of drug-likeness (QED) is 0.801. The summed E-state index contributed by atoms with van der Waals surface area (Å²) in [5, 5.41) is 8.92. The topological polar surface area (TPSA) is 63.3 Å². The van der Waals surface area contributed by atoms with Gasteiger partial charge in [0.15, 0.2) is 0 Å². The van der Waals surface area contributed by atoms with Gasteiger partial charge in [-0.2, -0.15) is 0 Å². The highest BCUT2D eigenvalue weighted by molar-refractivity contribution is 5.68. The SMILES string of the molecule is CC(C)[C@H](N)[C@@H](CC(=O)O)c1ccccc1. The molecule has 0 aliphatic heterocycles. The third kappa shape index (κ3) is 3.35. The third-order valence-electron chi connectivity index (χ3n) is 2.86. The average molecular weight is 221 g/mol. The molecular formula is C13H19NO2. The lowest BCUT2D eigenvalue weighted by atomic mass is 9.83. The van der Waals surface area contributed by atoms with Gasteiger partial charge in [0, 0.05) is 12.0 Å². The number of benzene rings is 1. The second-order valence-corrected chi connectivity index (χ2v) is 4.44. The Labute approximate surface area is 96.3 Å². The second kappa shape index (κ2) is 5.66. The van der Waals surface area contributed by atoms with Crippen molar-refractivity contribution in [3.05, 3.63) is 35.9 Å². The Balaban J connectivity index is 2.91. The van der Waals surface area contributed by atoms with Crippen molar-refractivity contribution in [3.63, 3.8) is 0 Å². The van der Waals surface area contributed by atoms with Gasteiger partial charge in [0.05, 0.1) is 6.42 Å². The summed E-state index contributed by atoms with van der Waals surface area (Å²) < 4.78 is 0. The molecule has 3 N–H and O–H groups in total. The monoisotopic (exact) mass is 221 g/mol. The van der Waals surface area contributed by atoms with E-state index in [1.807, 2.05) is 44.2 Å². The fourth-order valence-electron chi connectivity index (χ4n) is 1.83. The maximum atomic E-state index is 10.9. The highest BCUT2D eigenvalue weighted by Gasteiger charge is 2.24. The van der Waals surface area contributed by atoms with Crippen LogP contribution in [0, 0.1) is 5.92 Å². The number of nitrogens with two attached hydrogens (primary N) is 1. The molecule has 0 bridgehead atoms. The molecular weight excluding hydrogens is 202 g/mol. The smallest absolute Gasteiger partial charge is 0.304 e. The van der Waals surface area contributed by atoms with E-state index in [1.165, 1.54) is 0 Å². The predicted molar refractivity (Wildman–Crippen MR) is 64.2 cm³/mol. The molecule has 2 atom stereocenters. The average Bonchev–Trinajstić information content (AvgIpc) is 2.26. The molecule has 0 spiro atoms. The molecule has 0 saturated heterocycles. The summed E-state index contributed by atoms with van der Waals surface area (Å²) in [7, 11) is 0. The van der Waals surface area contributed by atoms with Crippen molar-refractivity contribution in [2.75, 3.05) is 0 Å². The fraction of sp³-hybridized carbons (Fsp3) is 0.462. The molecule has 1 rings (SSSR count). The maximum Gasteiger partial charge on any atom is 0.304 e. The predicted octanol–water partition coefficient (Wildman–Crippen LogP) is 2.23. The number of aliphatic carboxylic acids is 1. The zero-order valence-corrected chi connectivity index (χ0v) is 9.76. The lowest BCUT2D eigenvalue weighted by Crippen LogP contribution is -2.34. The van der Waals surface area contributed by atoms with Gasteiger partial charge in [-0.05, 0) is 11.5 Å². The van der Waals surface area contributed by atoms with Gasteiger partial charge >= 0.3 is 5.97 Å². The van der Waals surface area contributed by atoms with Gasteiger partial charge in [0.25, 0.3) is 0 Å². The minimum atomic E-state index is -0.801. The first-order valence-electron chi connectivity index (χ1n) is 5.54. The Bertz CT molecular complexity index is 335. The lowest BCUT2D eigenvalue weighted by molar-refractivity contribution is -0.137. The van der Waals surface area contributed by atoms with Gasteiger partial charge in [-0.1, -0.05) is 44.2 Å². The van der Waals surface area contributed by atoms with Crippen LogP contribution < -0.4 is 5.73 Å². The number of rotatable bonds is 5. The van der Waals surface area contributed by atoms with Gasteiger partial charge < -0.3 is 10.8 Å². The maximum absolute atomic E-state index is 10.9. The third-order valence-corrected chi connectivity index (χ3v) is 2.86. The molecule has 3 nitrogen and oxygen atoms in total. The molecule has 16 heavy (non-hydrogen) atoms. The van der Waals surface area contributed by atoms with E-state index < -0.39 is 5.97 Å². The summed E-state index contributed by atoms with van der Waals surface area (Å²) >= 11 is 0. The summed E-state index contributed by atoms with van der Waals surface area (Å²) in [6.07, 6.45) is 0.0867. The number of carboxylic acids is 1. The molecule has 1 aromatic rings. The van der Waals surface area contributed by atoms with Crippen molar-refractivity contribution in [3.8, 4) is 0 Å². The number of hydrogen-bond acceptors (Lipinski definition) is 2. The van der Waals surface area contributed by atoms with Gasteiger partial charge in [-0.25, -0.2) is 0 Å². The Morgan fingerprint density at radius 1 is 1.31 bits per heavy atom. The first-order chi connectivity index (χ1) is 7.52. The summed E-state index contributed by atoms with van der Waals surface area (Å²) in [4.78, 5) is 10.9. The van der Waals surface area contributed by atoms with E-state index in [9.17, 15) is 4.79 Å². The summed E-state index contributed by atoms with van der Waals surface area (Å²) in [6.45, 7) is 4.03. The van der Waals surface area contributed by atoms with E-state index in [4.69, 9.17) is 10.8 Å². The Morgan fingerprint density at radius 2 is 1.88 bits per heavy atom. The number of carboxylic acid groups (broad SMARTS) is 1. The summed E-state index contributed by atoms with van der Waals surface area (Å²) in [5.41, 5.74) is 7.08. The molecule has 0 saturated carbocycles. The van der Waals surface area contributed by atoms with Crippen LogP contribution >= 0.6 is 0 Å². The van der Waals surface area contributed by atoms with Gasteiger partial charge in [-0.15, -0.1) is 0 Å². The first-order valence-corrected chi connectivity index (χ1v) is 5.54. The van der Waals surface area contributed by atoms with Crippen LogP contribution in [-0.2, 0) is 4.79 Å². The molecule has 0 amide bonds. The molecule has 0 radical (unpaired) electrons. The van der Waals surface area contributed by atoms with Crippen LogP contribution in [0.3, 0.4) is 0 Å². The molecule has 3 heteroatoms. The van der Waals surface area contributed by atoms with E-state index >= 15 is 0 Å². The molecule has 0 fully saturated rings. The molecule has 0 aliphatic rings. The van der Waals surface area contributed by atoms with E-state index in [0.717, 1.165) is 5.56 Å². The highest BCUT2D eigenvalue weighted by atomic mass is 16.4. The van der Waals surface area contributed by atoms with Crippen molar-refractivity contribution in [2.45, 2.75) is 32.2 Å². The zero-order chi connectivity index (χ0) is 12.1. The van der Waals surface area contributed by atoms with Crippen molar-refractivity contribution in [2.24, 2.45) is 11.7 Å². The van der Waals surface area contributed by atoms with E-state index in [-0.39, 0.29) is 24.3 Å². The fourth-order valence-corrected chi connectivity index (χ4v) is 1.83. The van der Waals surface area contributed by atoms with E-state index in [2.05, 4.69) is 0 Å². The largest absolute Gasteiger partial charge is 0.481 e. The van der Waals surface area contributed by atoms with E-state index in [1.54, 1.807) is 0 Å². The minimum Gasteiger partial charge on any atom is -0.481 e. The first kappa shape index (κ1) is 12.7. The van der Waals surface area contributed by atoms with Crippen LogP contribution in [0.2, 0.25) is 0 Å². The van der Waals surface area contributed by atoms with Gasteiger partial charge in [-0.3, -0.25) is 4.79 Å². The van der Waals surface area contributed by atoms with Crippen LogP contribution in [0.5, 0.6) is 0 Å². The molecule has 0 heterocycles. The molecule has 88 valence electrons.